The first-order valence-corrected chi connectivity index (χ1v) is 12.0. The standard InChI is InChI=1S/C20H21BrN4O5S/c1-2-17-19(26)23-16-10-15(3-4-18(16)30-17)31(28,29)25-7-5-24(6-8-25)20(27)13-9-14(21)12-22-11-13/h3-4,9-12,17H,2,5-8H2,1H3,(H,23,26)/t17-/m0/s1. The minimum Gasteiger partial charge on any atom is -0.478 e. The van der Waals surface area contributed by atoms with Gasteiger partial charge in [0.1, 0.15) is 5.75 Å². The lowest BCUT2D eigenvalue weighted by Crippen LogP contribution is -2.50. The van der Waals surface area contributed by atoms with Gasteiger partial charge in [-0.25, -0.2) is 8.42 Å². The monoisotopic (exact) mass is 508 g/mol. The van der Waals surface area contributed by atoms with Gasteiger partial charge in [0.15, 0.2) is 6.10 Å². The average Bonchev–Trinajstić information content (AvgIpc) is 2.77. The molecule has 0 bridgehead atoms. The molecular weight excluding hydrogens is 488 g/mol. The molecule has 0 radical (unpaired) electrons. The minimum absolute atomic E-state index is 0.0704. The van der Waals surface area contributed by atoms with E-state index in [4.69, 9.17) is 4.74 Å². The Balaban J connectivity index is 1.47. The fourth-order valence-electron chi connectivity index (χ4n) is 3.55. The van der Waals surface area contributed by atoms with Crippen molar-refractivity contribution in [3.8, 4) is 5.75 Å². The zero-order chi connectivity index (χ0) is 22.2. The zero-order valence-corrected chi connectivity index (χ0v) is 19.1. The molecule has 164 valence electrons. The second kappa shape index (κ2) is 8.56. The second-order valence-electron chi connectivity index (χ2n) is 7.25. The Morgan fingerprint density at radius 3 is 2.65 bits per heavy atom. The Morgan fingerprint density at radius 1 is 1.23 bits per heavy atom. The van der Waals surface area contributed by atoms with Crippen LogP contribution in [0.4, 0.5) is 5.69 Å². The number of pyridine rings is 1. The molecule has 2 aromatic rings. The van der Waals surface area contributed by atoms with Crippen molar-refractivity contribution < 1.29 is 22.7 Å². The molecule has 0 aliphatic carbocycles. The van der Waals surface area contributed by atoms with E-state index in [1.54, 1.807) is 23.2 Å². The molecule has 4 rings (SSSR count). The lowest BCUT2D eigenvalue weighted by atomic mass is 10.2. The van der Waals surface area contributed by atoms with Crippen LogP contribution >= 0.6 is 15.9 Å². The first-order chi connectivity index (χ1) is 14.8. The van der Waals surface area contributed by atoms with Gasteiger partial charge in [-0.2, -0.15) is 4.31 Å². The van der Waals surface area contributed by atoms with Crippen molar-refractivity contribution in [2.45, 2.75) is 24.3 Å². The number of carbonyl (C=O) groups excluding carboxylic acids is 2. The maximum atomic E-state index is 13.1. The van der Waals surface area contributed by atoms with Crippen molar-refractivity contribution in [2.24, 2.45) is 0 Å². The summed E-state index contributed by atoms with van der Waals surface area (Å²) < 4.78 is 33.9. The van der Waals surface area contributed by atoms with Gasteiger partial charge in [-0.15, -0.1) is 0 Å². The van der Waals surface area contributed by atoms with E-state index in [1.807, 2.05) is 6.92 Å². The number of nitrogens with zero attached hydrogens (tertiary/aromatic N) is 3. The molecule has 2 aliphatic rings. The zero-order valence-electron chi connectivity index (χ0n) is 16.7. The van der Waals surface area contributed by atoms with Crippen molar-refractivity contribution in [1.29, 1.82) is 0 Å². The Kier molecular flexibility index (Phi) is 6.00. The summed E-state index contributed by atoms with van der Waals surface area (Å²) in [7, 11) is -3.78. The number of hydrogen-bond acceptors (Lipinski definition) is 6. The maximum Gasteiger partial charge on any atom is 0.265 e. The van der Waals surface area contributed by atoms with E-state index < -0.39 is 16.1 Å². The molecule has 9 nitrogen and oxygen atoms in total. The third-order valence-corrected chi connectivity index (χ3v) is 7.59. The average molecular weight is 509 g/mol. The lowest BCUT2D eigenvalue weighted by Gasteiger charge is -2.34. The number of halogens is 1. The van der Waals surface area contributed by atoms with Crippen LogP contribution in [0.1, 0.15) is 23.7 Å². The summed E-state index contributed by atoms with van der Waals surface area (Å²) >= 11 is 3.30. The van der Waals surface area contributed by atoms with Gasteiger partial charge >= 0.3 is 0 Å². The number of rotatable bonds is 4. The highest BCUT2D eigenvalue weighted by molar-refractivity contribution is 9.10. The van der Waals surface area contributed by atoms with Crippen LogP contribution in [-0.4, -0.2) is 66.7 Å². The van der Waals surface area contributed by atoms with Gasteiger partial charge in [0.05, 0.1) is 16.1 Å². The molecule has 0 spiro atoms. The third kappa shape index (κ3) is 4.30. The molecule has 2 amide bonds. The number of hydrogen-bond donors (Lipinski definition) is 1. The maximum absolute atomic E-state index is 13.1. The summed E-state index contributed by atoms with van der Waals surface area (Å²) in [6.07, 6.45) is 3.02. The van der Waals surface area contributed by atoms with Gasteiger partial charge in [0.2, 0.25) is 10.0 Å². The third-order valence-electron chi connectivity index (χ3n) is 5.26. The summed E-state index contributed by atoms with van der Waals surface area (Å²) in [6.45, 7) is 2.73. The molecule has 1 aromatic carbocycles. The number of ether oxygens (including phenoxy) is 1. The van der Waals surface area contributed by atoms with E-state index in [-0.39, 0.29) is 42.9 Å². The number of piperazine rings is 1. The second-order valence-corrected chi connectivity index (χ2v) is 10.1. The SMILES string of the molecule is CC[C@@H]1Oc2ccc(S(=O)(=O)N3CCN(C(=O)c4cncc(Br)c4)CC3)cc2NC1=O. The van der Waals surface area contributed by atoms with Gasteiger partial charge in [0.25, 0.3) is 11.8 Å². The summed E-state index contributed by atoms with van der Waals surface area (Å²) in [5, 5.41) is 2.71. The first kappa shape index (κ1) is 21.7. The predicted molar refractivity (Wildman–Crippen MR) is 116 cm³/mol. The van der Waals surface area contributed by atoms with Crippen LogP contribution in [0.25, 0.3) is 0 Å². The highest BCUT2D eigenvalue weighted by Crippen LogP contribution is 2.33. The van der Waals surface area contributed by atoms with E-state index in [0.717, 1.165) is 0 Å². The molecule has 0 unspecified atom stereocenters. The topological polar surface area (TPSA) is 109 Å². The van der Waals surface area contributed by atoms with Crippen molar-refractivity contribution in [3.05, 3.63) is 46.7 Å². The molecule has 2 aliphatic heterocycles. The molecule has 1 atom stereocenters. The van der Waals surface area contributed by atoms with Gasteiger partial charge in [-0.3, -0.25) is 14.6 Å². The van der Waals surface area contributed by atoms with Gasteiger partial charge in [-0.1, -0.05) is 6.92 Å². The normalized spacial score (nSPS) is 19.4. The van der Waals surface area contributed by atoms with Crippen LogP contribution in [0.2, 0.25) is 0 Å². The van der Waals surface area contributed by atoms with E-state index in [1.165, 1.54) is 22.6 Å². The number of carbonyl (C=O) groups is 2. The van der Waals surface area contributed by atoms with E-state index in [0.29, 0.717) is 27.9 Å². The van der Waals surface area contributed by atoms with Crippen molar-refractivity contribution in [2.75, 3.05) is 31.5 Å². The lowest BCUT2D eigenvalue weighted by molar-refractivity contribution is -0.123. The Bertz CT molecular complexity index is 1130. The largest absolute Gasteiger partial charge is 0.478 e. The van der Waals surface area contributed by atoms with Crippen molar-refractivity contribution in [1.82, 2.24) is 14.2 Å². The van der Waals surface area contributed by atoms with Crippen LogP contribution in [0.5, 0.6) is 5.75 Å². The Labute approximate surface area is 188 Å². The van der Waals surface area contributed by atoms with E-state index in [9.17, 15) is 18.0 Å². The van der Waals surface area contributed by atoms with E-state index in [2.05, 4.69) is 26.2 Å². The number of fused-ring (bicyclic) bond motifs is 1. The fourth-order valence-corrected chi connectivity index (χ4v) is 5.36. The number of anilines is 1. The number of nitrogens with one attached hydrogen (secondary N) is 1. The van der Waals surface area contributed by atoms with Gasteiger partial charge < -0.3 is 15.0 Å². The van der Waals surface area contributed by atoms with Gasteiger partial charge in [-0.05, 0) is 46.6 Å². The van der Waals surface area contributed by atoms with Crippen LogP contribution in [0.3, 0.4) is 0 Å². The molecule has 1 N–H and O–H groups in total. The summed E-state index contributed by atoms with van der Waals surface area (Å²) in [6, 6.07) is 6.14. The summed E-state index contributed by atoms with van der Waals surface area (Å²) in [4.78, 5) is 30.4. The molecule has 3 heterocycles. The van der Waals surface area contributed by atoms with Crippen molar-refractivity contribution >= 4 is 43.5 Å². The van der Waals surface area contributed by atoms with Crippen LogP contribution in [-0.2, 0) is 14.8 Å². The number of sulfonamides is 1. The predicted octanol–water partition coefficient (Wildman–Crippen LogP) is 2.10. The molecule has 0 saturated carbocycles. The van der Waals surface area contributed by atoms with Crippen molar-refractivity contribution in [3.63, 3.8) is 0 Å². The van der Waals surface area contributed by atoms with Crippen LogP contribution < -0.4 is 10.1 Å². The summed E-state index contributed by atoms with van der Waals surface area (Å²) in [5.74, 6) is -0.0351. The quantitative estimate of drug-likeness (QED) is 0.677. The van der Waals surface area contributed by atoms with Gasteiger partial charge in [0, 0.05) is 43.0 Å². The molecule has 31 heavy (non-hydrogen) atoms. The number of amides is 2. The van der Waals surface area contributed by atoms with E-state index >= 15 is 0 Å². The fraction of sp³-hybridized carbons (Fsp3) is 0.350. The first-order valence-electron chi connectivity index (χ1n) is 9.81. The molecule has 11 heteroatoms. The Hall–Kier alpha value is -2.50. The van der Waals surface area contributed by atoms with Crippen LogP contribution in [0, 0.1) is 0 Å². The number of aromatic nitrogens is 1. The molecule has 1 fully saturated rings. The Morgan fingerprint density at radius 2 is 1.97 bits per heavy atom. The molecule has 1 saturated heterocycles. The highest BCUT2D eigenvalue weighted by atomic mass is 79.9. The highest BCUT2D eigenvalue weighted by Gasteiger charge is 2.32. The minimum atomic E-state index is -3.78. The smallest absolute Gasteiger partial charge is 0.265 e. The number of benzene rings is 1. The van der Waals surface area contributed by atoms with Crippen LogP contribution in [0.15, 0.2) is 46.0 Å². The summed E-state index contributed by atoms with van der Waals surface area (Å²) in [5.41, 5.74) is 0.785. The molecular formula is C20H21BrN4O5S. The molecule has 1 aromatic heterocycles.